The number of benzene rings is 4. The fourth-order valence-corrected chi connectivity index (χ4v) is 9.39. The van der Waals surface area contributed by atoms with Gasteiger partial charge in [0.05, 0.1) is 0 Å². The van der Waals surface area contributed by atoms with Crippen molar-refractivity contribution in [2.45, 2.75) is 13.8 Å². The van der Waals surface area contributed by atoms with Gasteiger partial charge in [-0.3, -0.25) is 0 Å². The molecule has 0 fully saturated rings. The minimum absolute atomic E-state index is 0.0181. The van der Waals surface area contributed by atoms with E-state index in [1.54, 1.807) is 0 Å². The molecule has 238 valence electrons. The Morgan fingerprint density at radius 1 is 0.440 bits per heavy atom. The first-order valence-electron chi connectivity index (χ1n) is 16.9. The second-order valence-electron chi connectivity index (χ2n) is 12.9. The van der Waals surface area contributed by atoms with Crippen LogP contribution in [0.5, 0.6) is 0 Å². The number of aliphatic imine (C=N–C) groups is 2. The van der Waals surface area contributed by atoms with Crippen molar-refractivity contribution in [3.63, 3.8) is 0 Å². The molecule has 0 spiro atoms. The van der Waals surface area contributed by atoms with Crippen molar-refractivity contribution in [1.29, 1.82) is 0 Å². The van der Waals surface area contributed by atoms with Gasteiger partial charge in [0.15, 0.2) is 0 Å². The minimum atomic E-state index is 0.0181. The molecule has 1 N–H and O–H groups in total. The number of aromatic nitrogens is 1. The van der Waals surface area contributed by atoms with Gasteiger partial charge < -0.3 is 0 Å². The van der Waals surface area contributed by atoms with Crippen LogP contribution in [-0.4, -0.2) is 30.9 Å². The van der Waals surface area contributed by atoms with Crippen molar-refractivity contribution >= 4 is 48.2 Å². The van der Waals surface area contributed by atoms with E-state index in [1.807, 2.05) is 0 Å². The Morgan fingerprint density at radius 2 is 0.900 bits per heavy atom. The number of allylic oxidation sites excluding steroid dienone is 4. The number of H-pyrrole nitrogens is 1. The molecule has 5 heterocycles. The molecule has 0 atom stereocenters. The van der Waals surface area contributed by atoms with Gasteiger partial charge in [-0.1, -0.05) is 0 Å². The summed E-state index contributed by atoms with van der Waals surface area (Å²) in [5.41, 5.74) is 17.6. The van der Waals surface area contributed by atoms with Crippen LogP contribution in [0.1, 0.15) is 44.6 Å². The number of rotatable bonds is 4. The molecule has 3 nitrogen and oxygen atoms in total. The zero-order chi connectivity index (χ0) is 33.6. The van der Waals surface area contributed by atoms with E-state index < -0.39 is 0 Å². The number of aromatic amines is 1. The van der Waals surface area contributed by atoms with Crippen LogP contribution in [0.4, 0.5) is 0 Å². The Morgan fingerprint density at radius 3 is 1.42 bits per heavy atom. The van der Waals surface area contributed by atoms with Crippen LogP contribution in [0.2, 0.25) is 0 Å². The summed E-state index contributed by atoms with van der Waals surface area (Å²) >= 11 is 0.0181. The molecule has 0 amide bonds. The van der Waals surface area contributed by atoms with E-state index in [1.165, 1.54) is 41.6 Å². The molecule has 0 saturated carbocycles. The molecule has 0 saturated heterocycles. The van der Waals surface area contributed by atoms with Gasteiger partial charge in [-0.2, -0.15) is 0 Å². The number of nitrogens with one attached hydrogen (secondary N) is 1. The molecule has 0 unspecified atom stereocenters. The molecule has 3 aliphatic rings. The molecule has 9 rings (SSSR count). The van der Waals surface area contributed by atoms with Crippen molar-refractivity contribution in [3.8, 4) is 0 Å². The number of hydrogen-bond acceptors (Lipinski definition) is 2. The maximum atomic E-state index is 5.44. The number of nitrogens with zero attached hydrogens (tertiary/aromatic N) is 2. The molecule has 50 heavy (non-hydrogen) atoms. The molecule has 4 heteroatoms. The Bertz CT molecular complexity index is 2420. The first kappa shape index (κ1) is 30.3. The summed E-state index contributed by atoms with van der Waals surface area (Å²) in [5, 5.41) is 0. The van der Waals surface area contributed by atoms with Crippen molar-refractivity contribution in [2.24, 2.45) is 9.98 Å². The molecule has 2 aromatic heterocycles. The average Bonchev–Trinajstić information content (AvgIpc) is 3.98. The monoisotopic (exact) mass is 707 g/mol. The van der Waals surface area contributed by atoms with Gasteiger partial charge in [0, 0.05) is 0 Å². The molecule has 3 aliphatic heterocycles. The molecule has 4 aromatic carbocycles. The Hall–Kier alpha value is -5.80. The molecule has 0 aliphatic carbocycles. The van der Waals surface area contributed by atoms with Crippen LogP contribution in [0, 0.1) is 13.8 Å². The van der Waals surface area contributed by atoms with Crippen LogP contribution < -0.4 is 8.19 Å². The summed E-state index contributed by atoms with van der Waals surface area (Å²) in [7, 11) is 0. The number of hydrogen-bond donors (Lipinski definition) is 1. The predicted molar refractivity (Wildman–Crippen MR) is 209 cm³/mol. The number of aryl methyl sites for hydroxylation is 2. The first-order valence-corrected chi connectivity index (χ1v) is 18.6. The zero-order valence-electron chi connectivity index (χ0n) is 27.8. The third-order valence-electron chi connectivity index (χ3n) is 9.45. The normalized spacial score (nSPS) is 15.2. The van der Waals surface area contributed by atoms with Gasteiger partial charge in [-0.05, 0) is 0 Å². The van der Waals surface area contributed by atoms with Gasteiger partial charge in [0.2, 0.25) is 0 Å². The first-order chi connectivity index (χ1) is 24.6. The molecular weight excluding hydrogens is 673 g/mol. The molecule has 6 aromatic rings. The summed E-state index contributed by atoms with van der Waals surface area (Å²) in [5.74, 6) is 0. The number of fused-ring (bicyclic) bond motifs is 6. The summed E-state index contributed by atoms with van der Waals surface area (Å²) in [6.45, 7) is 4.26. The van der Waals surface area contributed by atoms with Crippen LogP contribution in [0.25, 0.3) is 22.3 Å². The van der Waals surface area contributed by atoms with Gasteiger partial charge >= 0.3 is 299 Å². The third kappa shape index (κ3) is 5.49. The fraction of sp³-hybridized carbons (Fsp3) is 0.0435. The van der Waals surface area contributed by atoms with E-state index in [2.05, 4.69) is 177 Å². The van der Waals surface area contributed by atoms with E-state index in [9.17, 15) is 0 Å². The Balaban J connectivity index is 1.41. The van der Waals surface area contributed by atoms with E-state index >= 15 is 0 Å². The fourth-order valence-electron chi connectivity index (χ4n) is 6.96. The van der Waals surface area contributed by atoms with Crippen LogP contribution in [-0.2, 0) is 0 Å². The van der Waals surface area contributed by atoms with Crippen molar-refractivity contribution < 1.29 is 0 Å². The topological polar surface area (TPSA) is 40.5 Å². The predicted octanol–water partition coefficient (Wildman–Crippen LogP) is 8.34. The third-order valence-corrected chi connectivity index (χ3v) is 11.8. The Labute approximate surface area is 297 Å². The maximum absolute atomic E-state index is 5.44. The van der Waals surface area contributed by atoms with Crippen LogP contribution in [0.15, 0.2) is 179 Å². The molecular formula is C46H33N3Se. The van der Waals surface area contributed by atoms with E-state index in [0.29, 0.717) is 0 Å². The summed E-state index contributed by atoms with van der Waals surface area (Å²) in [6.07, 6.45) is 10.9. The van der Waals surface area contributed by atoms with Gasteiger partial charge in [-0.15, -0.1) is 0 Å². The van der Waals surface area contributed by atoms with Crippen LogP contribution >= 0.6 is 0 Å². The standard InChI is InChI=1S/C46H33N3Se/c1-29-13-17-33(18-14-29)43-35-27-40(47-28-35)44(34-19-15-30(2)16-20-34)37-22-24-39(49-37)46(32-11-7-4-8-12-32)42-26-25-41(50-42)45(31-9-5-3-6-10-31)38-23-21-36(43)48-38/h3-28,47H,1-2H3. The van der Waals surface area contributed by atoms with Gasteiger partial charge in [-0.25, -0.2) is 0 Å². The molecule has 8 bridgehead atoms. The van der Waals surface area contributed by atoms with Crippen molar-refractivity contribution in [1.82, 2.24) is 4.98 Å². The zero-order valence-corrected chi connectivity index (χ0v) is 29.5. The molecule has 0 radical (unpaired) electrons. The summed E-state index contributed by atoms with van der Waals surface area (Å²) in [4.78, 5) is 14.5. The SMILES string of the molecule is Cc1ccc(C2=C3C=CC(=N3)C(c3ccccc3)=c3ccc([se]3)=C(c3ccccc3)C3=NC(=C(c4ccc(C)cc4)c4cc2c[nH]4)C=C3)cc1. The van der Waals surface area contributed by atoms with E-state index in [0.717, 1.165) is 56.3 Å². The average molecular weight is 707 g/mol. The second-order valence-corrected chi connectivity index (χ2v) is 15.1. The quantitative estimate of drug-likeness (QED) is 0.179. The van der Waals surface area contributed by atoms with E-state index in [-0.39, 0.29) is 14.5 Å². The van der Waals surface area contributed by atoms with Gasteiger partial charge in [0.1, 0.15) is 0 Å². The summed E-state index contributed by atoms with van der Waals surface area (Å²) < 4.78 is 2.62. The van der Waals surface area contributed by atoms with Crippen molar-refractivity contribution in [2.75, 3.05) is 0 Å². The van der Waals surface area contributed by atoms with Gasteiger partial charge in [0.25, 0.3) is 0 Å². The second kappa shape index (κ2) is 12.6. The van der Waals surface area contributed by atoms with Crippen molar-refractivity contribution in [3.05, 3.63) is 222 Å². The Kier molecular flexibility index (Phi) is 7.62. The van der Waals surface area contributed by atoms with Crippen LogP contribution in [0.3, 0.4) is 0 Å². The summed E-state index contributed by atoms with van der Waals surface area (Å²) in [6, 6.07) is 45.9. The van der Waals surface area contributed by atoms with E-state index in [4.69, 9.17) is 9.98 Å².